The zero-order valence-corrected chi connectivity index (χ0v) is 10.3. The number of halogens is 2. The zero-order valence-electron chi connectivity index (χ0n) is 10.3. The van der Waals surface area contributed by atoms with Gasteiger partial charge in [0.05, 0.1) is 12.4 Å². The average Bonchev–Trinajstić information content (AvgIpc) is 2.40. The van der Waals surface area contributed by atoms with Crippen molar-refractivity contribution >= 4 is 6.29 Å². The second kappa shape index (κ2) is 9.69. The van der Waals surface area contributed by atoms with E-state index in [2.05, 4.69) is 15.3 Å². The van der Waals surface area contributed by atoms with Crippen LogP contribution < -0.4 is 5.32 Å². The number of nitrogens with one attached hydrogen (secondary N) is 1. The third-order valence-corrected chi connectivity index (χ3v) is 2.00. The lowest BCUT2D eigenvalue weighted by atomic mass is 10.3. The molecule has 0 saturated heterocycles. The molecule has 20 heavy (non-hydrogen) atoms. The van der Waals surface area contributed by atoms with Crippen molar-refractivity contribution in [1.29, 1.82) is 0 Å². The molecule has 0 bridgehead atoms. The van der Waals surface area contributed by atoms with E-state index in [-0.39, 0.29) is 18.8 Å². The topological polar surface area (TPSA) is 54.9 Å². The molecule has 2 aromatic heterocycles. The van der Waals surface area contributed by atoms with Gasteiger partial charge in [0.2, 0.25) is 0 Å². The molecule has 0 aliphatic rings. The van der Waals surface area contributed by atoms with Crippen LogP contribution in [0.1, 0.15) is 23.3 Å². The van der Waals surface area contributed by atoms with Crippen LogP contribution in [0.25, 0.3) is 0 Å². The van der Waals surface area contributed by atoms with Crippen molar-refractivity contribution in [2.75, 3.05) is 7.05 Å². The summed E-state index contributed by atoms with van der Waals surface area (Å²) in [5.74, 6) is -0.771. The maximum Gasteiger partial charge on any atom is 0.151 e. The predicted octanol–water partition coefficient (Wildman–Crippen LogP) is 2.61. The van der Waals surface area contributed by atoms with Crippen LogP contribution in [0.3, 0.4) is 0 Å². The third-order valence-electron chi connectivity index (χ3n) is 2.00. The second-order valence-corrected chi connectivity index (χ2v) is 3.60. The van der Waals surface area contributed by atoms with Gasteiger partial charge in [0.15, 0.2) is 6.29 Å². The number of carbonyl (C=O) groups excluding carboxylic acids is 1. The highest BCUT2D eigenvalue weighted by molar-refractivity contribution is 5.73. The number of rotatable bonds is 3. The van der Waals surface area contributed by atoms with Gasteiger partial charge in [-0.15, -0.1) is 0 Å². The summed E-state index contributed by atoms with van der Waals surface area (Å²) in [7, 11) is 1.81. The Balaban J connectivity index is 0.000000345. The molecule has 2 rings (SSSR count). The summed E-state index contributed by atoms with van der Waals surface area (Å²) in [6.45, 7) is 0.658. The highest BCUT2D eigenvalue weighted by Crippen LogP contribution is 1.99. The van der Waals surface area contributed by atoms with Crippen molar-refractivity contribution < 1.29 is 13.6 Å². The molecule has 0 atom stereocenters. The lowest BCUT2D eigenvalue weighted by Gasteiger charge is -1.96. The smallest absolute Gasteiger partial charge is 0.151 e. The van der Waals surface area contributed by atoms with Crippen LogP contribution in [-0.2, 0) is 6.54 Å². The van der Waals surface area contributed by atoms with Gasteiger partial charge in [0.1, 0.15) is 11.6 Å². The maximum atomic E-state index is 12.4. The molecule has 0 aliphatic carbocycles. The number of aromatic nitrogens is 2. The molecule has 0 spiro atoms. The Labute approximate surface area is 116 Å². The summed E-state index contributed by atoms with van der Waals surface area (Å²) in [5.41, 5.74) is 1.12. The van der Waals surface area contributed by atoms with E-state index in [0.717, 1.165) is 17.8 Å². The number of hydrogen-bond donors (Lipinski definition) is 1. The van der Waals surface area contributed by atoms with Crippen molar-refractivity contribution in [2.24, 2.45) is 0 Å². The van der Waals surface area contributed by atoms with Crippen LogP contribution in [0, 0.1) is 11.6 Å². The van der Waals surface area contributed by atoms with Gasteiger partial charge in [-0.25, -0.2) is 8.78 Å². The molecule has 2 heterocycles. The summed E-state index contributed by atoms with van der Waals surface area (Å²) in [6.07, 6.45) is 5.73. The number of hydrogen-bond acceptors (Lipinski definition) is 4. The monoisotopic (exact) mass is 281 g/mol. The van der Waals surface area contributed by atoms with Crippen molar-refractivity contribution in [3.05, 3.63) is 59.7 Å². The van der Waals surface area contributed by atoms with Crippen LogP contribution in [0.5, 0.6) is 0 Å². The van der Waals surface area contributed by atoms with Crippen LogP contribution in [0.2, 0.25) is 0 Å². The minimum atomic E-state index is -0.486. The summed E-state index contributed by atoms with van der Waals surface area (Å²) in [6, 6.07) is 2.59. The van der Waals surface area contributed by atoms with E-state index in [1.54, 1.807) is 6.20 Å². The van der Waals surface area contributed by atoms with Crippen molar-refractivity contribution in [2.45, 2.75) is 14.0 Å². The summed E-state index contributed by atoms with van der Waals surface area (Å²) >= 11 is 0. The van der Waals surface area contributed by atoms with E-state index in [1.807, 2.05) is 7.05 Å². The fourth-order valence-corrected chi connectivity index (χ4v) is 1.25. The first-order chi connectivity index (χ1) is 9.15. The van der Waals surface area contributed by atoms with E-state index in [1.165, 1.54) is 18.5 Å². The minimum absolute atomic E-state index is 0. The maximum absolute atomic E-state index is 12.4. The standard InChI is InChI=1S/C7H9FN2.C6H4FNO.CH4/c1-9-3-6-2-7(8)5-10-4-6;7-6-1-5(4-9)2-8-3-6;/h2,4-5,9H,3H2,1H3;1-4H;1H4. The Morgan fingerprint density at radius 3 is 2.15 bits per heavy atom. The molecular weight excluding hydrogens is 264 g/mol. The first-order valence-electron chi connectivity index (χ1n) is 5.45. The highest BCUT2D eigenvalue weighted by Gasteiger charge is 1.92. The van der Waals surface area contributed by atoms with Gasteiger partial charge < -0.3 is 5.32 Å². The molecule has 0 amide bonds. The molecule has 4 nitrogen and oxygen atoms in total. The Bertz CT molecular complexity index is 535. The van der Waals surface area contributed by atoms with Gasteiger partial charge in [-0.05, 0) is 24.7 Å². The van der Waals surface area contributed by atoms with E-state index >= 15 is 0 Å². The molecule has 1 N–H and O–H groups in total. The SMILES string of the molecule is C.CNCc1cncc(F)c1.O=Cc1cncc(F)c1. The van der Waals surface area contributed by atoms with Crippen LogP contribution >= 0.6 is 0 Å². The molecule has 0 aromatic carbocycles. The fourth-order valence-electron chi connectivity index (χ4n) is 1.25. The van der Waals surface area contributed by atoms with Crippen LogP contribution in [0.15, 0.2) is 36.9 Å². The van der Waals surface area contributed by atoms with Crippen LogP contribution in [-0.4, -0.2) is 23.3 Å². The molecule has 2 aromatic rings. The first-order valence-corrected chi connectivity index (χ1v) is 5.45. The van der Waals surface area contributed by atoms with Gasteiger partial charge in [-0.3, -0.25) is 14.8 Å². The van der Waals surface area contributed by atoms with Gasteiger partial charge in [0, 0.05) is 24.5 Å². The largest absolute Gasteiger partial charge is 0.316 e. The Morgan fingerprint density at radius 2 is 1.70 bits per heavy atom. The first kappa shape index (κ1) is 17.8. The Kier molecular flexibility index (Phi) is 8.61. The second-order valence-electron chi connectivity index (χ2n) is 3.60. The van der Waals surface area contributed by atoms with E-state index in [9.17, 15) is 13.6 Å². The minimum Gasteiger partial charge on any atom is -0.316 e. The van der Waals surface area contributed by atoms with Crippen molar-refractivity contribution in [3.8, 4) is 0 Å². The summed E-state index contributed by atoms with van der Waals surface area (Å²) in [5, 5.41) is 2.90. The molecule has 0 radical (unpaired) electrons. The van der Waals surface area contributed by atoms with E-state index < -0.39 is 5.82 Å². The Hall–Kier alpha value is -2.21. The molecule has 0 saturated carbocycles. The number of aldehydes is 1. The number of pyridine rings is 2. The summed E-state index contributed by atoms with van der Waals surface area (Å²) < 4.78 is 24.5. The van der Waals surface area contributed by atoms with Gasteiger partial charge >= 0.3 is 0 Å². The molecule has 108 valence electrons. The summed E-state index contributed by atoms with van der Waals surface area (Å²) in [4.78, 5) is 17.1. The average molecular weight is 281 g/mol. The molecule has 0 unspecified atom stereocenters. The van der Waals surface area contributed by atoms with Crippen molar-refractivity contribution in [3.63, 3.8) is 0 Å². The van der Waals surface area contributed by atoms with Crippen LogP contribution in [0.4, 0.5) is 8.78 Å². The quantitative estimate of drug-likeness (QED) is 0.879. The lowest BCUT2D eigenvalue weighted by molar-refractivity contribution is 0.112. The normalized spacial score (nSPS) is 8.95. The predicted molar refractivity (Wildman–Crippen MR) is 73.3 cm³/mol. The molecule has 0 fully saturated rings. The Morgan fingerprint density at radius 1 is 1.10 bits per heavy atom. The van der Waals surface area contributed by atoms with Gasteiger partial charge in [-0.2, -0.15) is 0 Å². The van der Waals surface area contributed by atoms with Gasteiger partial charge in [0.25, 0.3) is 0 Å². The van der Waals surface area contributed by atoms with Crippen molar-refractivity contribution in [1.82, 2.24) is 15.3 Å². The van der Waals surface area contributed by atoms with Gasteiger partial charge in [-0.1, -0.05) is 7.43 Å². The lowest BCUT2D eigenvalue weighted by Crippen LogP contribution is -2.05. The number of nitrogens with zero attached hydrogens (tertiary/aromatic N) is 2. The molecule has 6 heteroatoms. The van der Waals surface area contributed by atoms with E-state index in [0.29, 0.717) is 12.8 Å². The highest BCUT2D eigenvalue weighted by atomic mass is 19.1. The molecular formula is C14H17F2N3O. The van der Waals surface area contributed by atoms with E-state index in [4.69, 9.17) is 0 Å². The zero-order chi connectivity index (χ0) is 14.1. The molecule has 0 aliphatic heterocycles. The fraction of sp³-hybridized carbons (Fsp3) is 0.214. The number of carbonyl (C=O) groups is 1. The third kappa shape index (κ3) is 6.65.